The van der Waals surface area contributed by atoms with Gasteiger partial charge in [-0.15, -0.1) is 0 Å². The zero-order chi connectivity index (χ0) is 22.5. The van der Waals surface area contributed by atoms with E-state index in [1.165, 1.54) is 6.92 Å². The van der Waals surface area contributed by atoms with Gasteiger partial charge in [-0.3, -0.25) is 4.79 Å². The quantitative estimate of drug-likeness (QED) is 0.274. The Kier molecular flexibility index (Phi) is 7.97. The maximum Gasteiger partial charge on any atom is 0.221 e. The third kappa shape index (κ3) is 5.79. The number of nitrogens with one attached hydrogen (secondary N) is 1. The average Bonchev–Trinajstić information content (AvgIpc) is 2.76. The van der Waals surface area contributed by atoms with Crippen molar-refractivity contribution in [3.63, 3.8) is 0 Å². The lowest BCUT2D eigenvalue weighted by Crippen LogP contribution is -2.60. The summed E-state index contributed by atoms with van der Waals surface area (Å²) >= 11 is 0. The van der Waals surface area contributed by atoms with E-state index in [4.69, 9.17) is 18.9 Å². The first-order valence-corrected chi connectivity index (χ1v) is 9.77. The second-order valence-electron chi connectivity index (χ2n) is 7.23. The summed E-state index contributed by atoms with van der Waals surface area (Å²) in [5.74, 6) is 0.275. The van der Waals surface area contributed by atoms with Crippen LogP contribution in [-0.2, 0) is 19.0 Å². The standard InChI is InChI=1S/C20H27NO10/c1-10(24)21-11-2-4-12(5-3-11)28-16-7-6-13(14(8-22)29-16)30-20-19(27)18(26)17(25)15(9-23)31-20/h2-7,13-20,22-23,25-27H,8-9H2,1H3,(H,21,24)/t13-,14?,15?,16-,17?,18?,19+,20?/m0/s1. The van der Waals surface area contributed by atoms with Crippen LogP contribution in [0.5, 0.6) is 5.75 Å². The Morgan fingerprint density at radius 2 is 1.65 bits per heavy atom. The minimum atomic E-state index is -1.58. The number of carbonyl (C=O) groups is 1. The van der Waals surface area contributed by atoms with E-state index in [2.05, 4.69) is 5.32 Å². The van der Waals surface area contributed by atoms with Crippen LogP contribution in [0.1, 0.15) is 6.92 Å². The highest BCUT2D eigenvalue weighted by molar-refractivity contribution is 5.88. The lowest BCUT2D eigenvalue weighted by Gasteiger charge is -2.42. The highest BCUT2D eigenvalue weighted by atomic mass is 16.7. The zero-order valence-electron chi connectivity index (χ0n) is 16.8. The molecule has 11 heteroatoms. The van der Waals surface area contributed by atoms with Crippen molar-refractivity contribution in [2.45, 2.75) is 56.1 Å². The van der Waals surface area contributed by atoms with E-state index in [9.17, 15) is 30.3 Å². The zero-order valence-corrected chi connectivity index (χ0v) is 16.8. The topological polar surface area (TPSA) is 167 Å². The number of anilines is 1. The van der Waals surface area contributed by atoms with Crippen LogP contribution in [0, 0.1) is 0 Å². The molecule has 31 heavy (non-hydrogen) atoms. The first-order chi connectivity index (χ1) is 14.8. The lowest BCUT2D eigenvalue weighted by molar-refractivity contribution is -0.317. The van der Waals surface area contributed by atoms with Gasteiger partial charge in [0.2, 0.25) is 12.2 Å². The van der Waals surface area contributed by atoms with Gasteiger partial charge in [0, 0.05) is 12.6 Å². The van der Waals surface area contributed by atoms with Crippen LogP contribution >= 0.6 is 0 Å². The van der Waals surface area contributed by atoms with Gasteiger partial charge in [-0.1, -0.05) is 6.08 Å². The third-order valence-corrected chi connectivity index (χ3v) is 4.88. The Hall–Kier alpha value is -2.09. The van der Waals surface area contributed by atoms with E-state index < -0.39 is 62.4 Å². The monoisotopic (exact) mass is 441 g/mol. The molecule has 0 aromatic heterocycles. The van der Waals surface area contributed by atoms with Gasteiger partial charge in [0.25, 0.3) is 0 Å². The molecule has 0 saturated carbocycles. The van der Waals surface area contributed by atoms with Gasteiger partial charge in [0.15, 0.2) is 6.29 Å². The molecule has 1 fully saturated rings. The maximum absolute atomic E-state index is 11.1. The van der Waals surface area contributed by atoms with Gasteiger partial charge >= 0.3 is 0 Å². The first-order valence-electron chi connectivity index (χ1n) is 9.77. The highest BCUT2D eigenvalue weighted by Crippen LogP contribution is 2.27. The Bertz CT molecular complexity index is 755. The van der Waals surface area contributed by atoms with E-state index in [-0.39, 0.29) is 5.91 Å². The SMILES string of the molecule is CC(=O)Nc1ccc(O[C@@H]2C=C[C@H](OC3OC(CO)C(O)C(O)[C@H]3O)C(CO)O2)cc1. The molecule has 1 amide bonds. The average molecular weight is 441 g/mol. The fourth-order valence-corrected chi connectivity index (χ4v) is 3.26. The number of aliphatic hydroxyl groups excluding tert-OH is 5. The van der Waals surface area contributed by atoms with Crippen LogP contribution in [0.2, 0.25) is 0 Å². The summed E-state index contributed by atoms with van der Waals surface area (Å²) in [5.41, 5.74) is 0.612. The minimum Gasteiger partial charge on any atom is -0.461 e. The Morgan fingerprint density at radius 3 is 2.26 bits per heavy atom. The molecule has 0 bridgehead atoms. The van der Waals surface area contributed by atoms with Crippen LogP contribution in [0.15, 0.2) is 36.4 Å². The molecular weight excluding hydrogens is 414 g/mol. The van der Waals surface area contributed by atoms with E-state index in [0.29, 0.717) is 11.4 Å². The van der Waals surface area contributed by atoms with Crippen molar-refractivity contribution in [3.05, 3.63) is 36.4 Å². The third-order valence-electron chi connectivity index (χ3n) is 4.88. The number of carbonyl (C=O) groups excluding carboxylic acids is 1. The van der Waals surface area contributed by atoms with Crippen LogP contribution in [0.25, 0.3) is 0 Å². The molecule has 2 aliphatic rings. The molecule has 1 aromatic carbocycles. The van der Waals surface area contributed by atoms with Gasteiger partial charge < -0.3 is 49.8 Å². The molecule has 8 atom stereocenters. The van der Waals surface area contributed by atoms with Crippen LogP contribution in [0.3, 0.4) is 0 Å². The lowest BCUT2D eigenvalue weighted by atomic mass is 9.99. The molecule has 0 aliphatic carbocycles. The van der Waals surface area contributed by atoms with E-state index in [1.807, 2.05) is 0 Å². The fraction of sp³-hybridized carbons (Fsp3) is 0.550. The Morgan fingerprint density at radius 1 is 0.968 bits per heavy atom. The van der Waals surface area contributed by atoms with Gasteiger partial charge in [-0.25, -0.2) is 0 Å². The number of hydrogen-bond donors (Lipinski definition) is 6. The molecule has 6 N–H and O–H groups in total. The summed E-state index contributed by atoms with van der Waals surface area (Å²) < 4.78 is 22.3. The molecule has 1 aromatic rings. The predicted octanol–water partition coefficient (Wildman–Crippen LogP) is -1.52. The molecular formula is C20H27NO10. The van der Waals surface area contributed by atoms with Gasteiger partial charge in [-0.2, -0.15) is 0 Å². The predicted molar refractivity (Wildman–Crippen MR) is 105 cm³/mol. The smallest absolute Gasteiger partial charge is 0.221 e. The molecule has 5 unspecified atom stereocenters. The van der Waals surface area contributed by atoms with Crippen molar-refractivity contribution in [3.8, 4) is 5.75 Å². The Balaban J connectivity index is 1.62. The summed E-state index contributed by atoms with van der Waals surface area (Å²) in [6, 6.07) is 6.62. The summed E-state index contributed by atoms with van der Waals surface area (Å²) in [6.45, 7) is 0.387. The molecule has 11 nitrogen and oxygen atoms in total. The largest absolute Gasteiger partial charge is 0.461 e. The molecule has 1 saturated heterocycles. The fourth-order valence-electron chi connectivity index (χ4n) is 3.26. The van der Waals surface area contributed by atoms with Gasteiger partial charge in [0.05, 0.1) is 13.2 Å². The number of ether oxygens (including phenoxy) is 4. The van der Waals surface area contributed by atoms with Gasteiger partial charge in [0.1, 0.15) is 42.4 Å². The van der Waals surface area contributed by atoms with Crippen LogP contribution < -0.4 is 10.1 Å². The second kappa shape index (κ2) is 10.5. The highest BCUT2D eigenvalue weighted by Gasteiger charge is 2.45. The summed E-state index contributed by atoms with van der Waals surface area (Å²) in [6.07, 6.45) is -6.57. The van der Waals surface area contributed by atoms with Crippen molar-refractivity contribution in [1.29, 1.82) is 0 Å². The molecule has 2 aliphatic heterocycles. The molecule has 0 radical (unpaired) electrons. The van der Waals surface area contributed by atoms with E-state index in [0.717, 1.165) is 0 Å². The number of amides is 1. The van der Waals surface area contributed by atoms with Crippen molar-refractivity contribution in [2.24, 2.45) is 0 Å². The van der Waals surface area contributed by atoms with E-state index >= 15 is 0 Å². The first kappa shape index (κ1) is 23.6. The van der Waals surface area contributed by atoms with Gasteiger partial charge in [-0.05, 0) is 30.3 Å². The second-order valence-corrected chi connectivity index (χ2v) is 7.23. The summed E-state index contributed by atoms with van der Waals surface area (Å²) in [7, 11) is 0. The normalized spacial score (nSPS) is 35.5. The maximum atomic E-state index is 11.1. The number of rotatable bonds is 7. The summed E-state index contributed by atoms with van der Waals surface area (Å²) in [5, 5.41) is 51.4. The van der Waals surface area contributed by atoms with Crippen LogP contribution in [0.4, 0.5) is 5.69 Å². The molecule has 172 valence electrons. The number of benzene rings is 1. The number of hydrogen-bond acceptors (Lipinski definition) is 10. The Labute approximate surface area is 178 Å². The molecule has 2 heterocycles. The van der Waals surface area contributed by atoms with Crippen molar-refractivity contribution < 1.29 is 49.3 Å². The van der Waals surface area contributed by atoms with Crippen molar-refractivity contribution in [2.75, 3.05) is 18.5 Å². The van der Waals surface area contributed by atoms with Crippen molar-refractivity contribution in [1.82, 2.24) is 0 Å². The molecule has 3 rings (SSSR count). The van der Waals surface area contributed by atoms with Crippen LogP contribution in [-0.4, -0.2) is 93.9 Å². The summed E-state index contributed by atoms with van der Waals surface area (Å²) in [4.78, 5) is 11.1. The van der Waals surface area contributed by atoms with E-state index in [1.54, 1.807) is 36.4 Å². The van der Waals surface area contributed by atoms with Crippen molar-refractivity contribution >= 4 is 11.6 Å². The minimum absolute atomic E-state index is 0.191. The number of aliphatic hydroxyl groups is 5. The molecule has 0 spiro atoms.